The molecule has 33 heavy (non-hydrogen) atoms. The summed E-state index contributed by atoms with van der Waals surface area (Å²) in [6.07, 6.45) is 3.11. The van der Waals surface area contributed by atoms with Gasteiger partial charge in [0, 0.05) is 33.4 Å². The largest absolute Gasteiger partial charge is 0.493 e. The van der Waals surface area contributed by atoms with Gasteiger partial charge >= 0.3 is 0 Å². The lowest BCUT2D eigenvalue weighted by Gasteiger charge is -2.22. The van der Waals surface area contributed by atoms with Gasteiger partial charge in [-0.05, 0) is 48.1 Å². The van der Waals surface area contributed by atoms with E-state index in [4.69, 9.17) is 18.9 Å². The van der Waals surface area contributed by atoms with Crippen LogP contribution in [0.1, 0.15) is 29.5 Å². The highest BCUT2D eigenvalue weighted by atomic mass is 127. The second-order valence-corrected chi connectivity index (χ2v) is 7.73. The highest BCUT2D eigenvalue weighted by Crippen LogP contribution is 2.27. The third-order valence-electron chi connectivity index (χ3n) is 5.48. The Labute approximate surface area is 214 Å². The molecule has 0 spiro atoms. The molecule has 2 aromatic carbocycles. The first kappa shape index (κ1) is 27.2. The summed E-state index contributed by atoms with van der Waals surface area (Å²) >= 11 is 0. The third-order valence-corrected chi connectivity index (χ3v) is 5.48. The summed E-state index contributed by atoms with van der Waals surface area (Å²) < 4.78 is 22.1. The maximum absolute atomic E-state index is 6.04. The summed E-state index contributed by atoms with van der Waals surface area (Å²) in [5.74, 6) is 2.25. The van der Waals surface area contributed by atoms with E-state index in [9.17, 15) is 0 Å². The van der Waals surface area contributed by atoms with Gasteiger partial charge in [-0.25, -0.2) is 0 Å². The average Bonchev–Trinajstić information content (AvgIpc) is 2.85. The monoisotopic (exact) mass is 569 g/mol. The first-order valence-corrected chi connectivity index (χ1v) is 11.1. The number of hydrogen-bond acceptors (Lipinski definition) is 5. The van der Waals surface area contributed by atoms with Crippen LogP contribution in [-0.2, 0) is 29.0 Å². The molecule has 1 heterocycles. The van der Waals surface area contributed by atoms with Gasteiger partial charge in [0.2, 0.25) is 0 Å². The van der Waals surface area contributed by atoms with E-state index in [0.29, 0.717) is 19.3 Å². The van der Waals surface area contributed by atoms with Crippen LogP contribution in [0.3, 0.4) is 0 Å². The van der Waals surface area contributed by atoms with E-state index in [2.05, 4.69) is 39.9 Å². The Kier molecular flexibility index (Phi) is 12.3. The second kappa shape index (κ2) is 15.0. The molecule has 0 amide bonds. The number of halogens is 1. The second-order valence-electron chi connectivity index (χ2n) is 7.73. The zero-order valence-electron chi connectivity index (χ0n) is 19.8. The molecule has 3 rings (SSSR count). The number of benzene rings is 2. The van der Waals surface area contributed by atoms with E-state index in [-0.39, 0.29) is 24.0 Å². The molecule has 2 aromatic rings. The number of aliphatic imine (C=N–C) groups is 1. The lowest BCUT2D eigenvalue weighted by atomic mass is 10.1. The first-order chi connectivity index (χ1) is 15.7. The third kappa shape index (κ3) is 9.02. The van der Waals surface area contributed by atoms with E-state index in [0.717, 1.165) is 56.5 Å². The predicted octanol–water partition coefficient (Wildman–Crippen LogP) is 3.93. The molecule has 7 nitrogen and oxygen atoms in total. The summed E-state index contributed by atoms with van der Waals surface area (Å²) in [6, 6.07) is 14.5. The van der Waals surface area contributed by atoms with Crippen LogP contribution in [0, 0.1) is 0 Å². The van der Waals surface area contributed by atoms with E-state index in [1.807, 2.05) is 18.2 Å². The van der Waals surface area contributed by atoms with Crippen LogP contribution in [0.15, 0.2) is 47.5 Å². The Morgan fingerprint density at radius 3 is 2.45 bits per heavy atom. The SMILES string of the molecule is CN=C(NCCc1ccc(OC)c(OC)c1)NCc1cccc(COC2CCOCC2)c1.I. The number of nitrogens with one attached hydrogen (secondary N) is 2. The van der Waals surface area contributed by atoms with Crippen LogP contribution < -0.4 is 20.1 Å². The molecule has 1 aliphatic rings. The van der Waals surface area contributed by atoms with Crippen LogP contribution in [0.4, 0.5) is 0 Å². The summed E-state index contributed by atoms with van der Waals surface area (Å²) in [7, 11) is 5.07. The number of hydrogen-bond donors (Lipinski definition) is 2. The van der Waals surface area contributed by atoms with Gasteiger partial charge in [0.1, 0.15) is 0 Å². The zero-order valence-corrected chi connectivity index (χ0v) is 22.1. The molecule has 0 atom stereocenters. The summed E-state index contributed by atoms with van der Waals surface area (Å²) in [5.41, 5.74) is 3.55. The number of guanidine groups is 1. The van der Waals surface area contributed by atoms with Gasteiger partial charge in [-0.3, -0.25) is 4.99 Å². The van der Waals surface area contributed by atoms with Crippen LogP contribution in [0.2, 0.25) is 0 Å². The lowest BCUT2D eigenvalue weighted by molar-refractivity contribution is -0.0390. The quantitative estimate of drug-likeness (QED) is 0.257. The maximum Gasteiger partial charge on any atom is 0.191 e. The van der Waals surface area contributed by atoms with Gasteiger partial charge in [-0.1, -0.05) is 30.3 Å². The fraction of sp³-hybridized carbons (Fsp3) is 0.480. The minimum Gasteiger partial charge on any atom is -0.493 e. The molecule has 2 N–H and O–H groups in total. The van der Waals surface area contributed by atoms with Crippen molar-refractivity contribution in [2.24, 2.45) is 4.99 Å². The molecule has 0 aromatic heterocycles. The minimum absolute atomic E-state index is 0. The van der Waals surface area contributed by atoms with Crippen molar-refractivity contribution in [1.82, 2.24) is 10.6 Å². The summed E-state index contributed by atoms with van der Waals surface area (Å²) in [5, 5.41) is 6.75. The molecule has 0 saturated carbocycles. The summed E-state index contributed by atoms with van der Waals surface area (Å²) in [4.78, 5) is 4.33. The predicted molar refractivity (Wildman–Crippen MR) is 142 cm³/mol. The maximum atomic E-state index is 6.04. The van der Waals surface area contributed by atoms with Crippen LogP contribution >= 0.6 is 24.0 Å². The van der Waals surface area contributed by atoms with Gasteiger partial charge in [-0.2, -0.15) is 0 Å². The van der Waals surface area contributed by atoms with Gasteiger partial charge in [0.25, 0.3) is 0 Å². The van der Waals surface area contributed by atoms with Crippen LogP contribution in [0.25, 0.3) is 0 Å². The molecule has 1 aliphatic heterocycles. The number of ether oxygens (including phenoxy) is 4. The van der Waals surface area contributed by atoms with Crippen molar-refractivity contribution in [3.8, 4) is 11.5 Å². The van der Waals surface area contributed by atoms with Crippen LogP contribution in [-0.4, -0.2) is 53.1 Å². The van der Waals surface area contributed by atoms with Crippen molar-refractivity contribution in [3.63, 3.8) is 0 Å². The topological polar surface area (TPSA) is 73.3 Å². The fourth-order valence-corrected chi connectivity index (χ4v) is 3.65. The Bertz CT molecular complexity index is 872. The van der Waals surface area contributed by atoms with Gasteiger partial charge in [0.05, 0.1) is 26.9 Å². The fourth-order valence-electron chi connectivity index (χ4n) is 3.65. The minimum atomic E-state index is 0. The molecule has 8 heteroatoms. The van der Waals surface area contributed by atoms with Gasteiger partial charge < -0.3 is 29.6 Å². The molecular formula is C25H36IN3O4. The molecule has 0 unspecified atom stereocenters. The molecule has 182 valence electrons. The van der Waals surface area contributed by atoms with Crippen LogP contribution in [0.5, 0.6) is 11.5 Å². The first-order valence-electron chi connectivity index (χ1n) is 11.1. The number of nitrogens with zero attached hydrogens (tertiary/aromatic N) is 1. The van der Waals surface area contributed by atoms with Gasteiger partial charge in [0.15, 0.2) is 17.5 Å². The Morgan fingerprint density at radius 1 is 0.970 bits per heavy atom. The Balaban J connectivity index is 0.00000385. The lowest BCUT2D eigenvalue weighted by Crippen LogP contribution is -2.37. The van der Waals surface area contributed by atoms with E-state index >= 15 is 0 Å². The number of methoxy groups -OCH3 is 2. The number of rotatable bonds is 10. The molecule has 1 fully saturated rings. The Hall–Kier alpha value is -2.04. The smallest absolute Gasteiger partial charge is 0.191 e. The van der Waals surface area contributed by atoms with Crippen molar-refractivity contribution in [2.75, 3.05) is 41.0 Å². The summed E-state index contributed by atoms with van der Waals surface area (Å²) in [6.45, 7) is 3.69. The van der Waals surface area contributed by atoms with E-state index in [1.165, 1.54) is 16.7 Å². The van der Waals surface area contributed by atoms with Crippen molar-refractivity contribution in [3.05, 3.63) is 59.2 Å². The van der Waals surface area contributed by atoms with Crippen molar-refractivity contribution in [2.45, 2.75) is 38.5 Å². The molecule has 0 bridgehead atoms. The van der Waals surface area contributed by atoms with Crippen molar-refractivity contribution in [1.29, 1.82) is 0 Å². The molecular weight excluding hydrogens is 533 g/mol. The van der Waals surface area contributed by atoms with Crippen molar-refractivity contribution < 1.29 is 18.9 Å². The Morgan fingerprint density at radius 2 is 1.73 bits per heavy atom. The highest BCUT2D eigenvalue weighted by molar-refractivity contribution is 14.0. The average molecular weight is 569 g/mol. The van der Waals surface area contributed by atoms with E-state index < -0.39 is 0 Å². The molecule has 1 saturated heterocycles. The standard InChI is InChI=1S/C25H35N3O4.HI/c1-26-25(27-12-9-19-7-8-23(29-2)24(16-19)30-3)28-17-20-5-4-6-21(15-20)18-32-22-10-13-31-14-11-22;/h4-8,15-16,22H,9-14,17-18H2,1-3H3,(H2,26,27,28);1H. The molecule has 0 aliphatic carbocycles. The zero-order chi connectivity index (χ0) is 22.6. The molecule has 0 radical (unpaired) electrons. The van der Waals surface area contributed by atoms with Crippen molar-refractivity contribution >= 4 is 29.9 Å². The van der Waals surface area contributed by atoms with Gasteiger partial charge in [-0.15, -0.1) is 24.0 Å². The van der Waals surface area contributed by atoms with E-state index in [1.54, 1.807) is 21.3 Å². The highest BCUT2D eigenvalue weighted by Gasteiger charge is 2.14. The normalized spacial score (nSPS) is 14.3.